The first-order valence-electron chi connectivity index (χ1n) is 6.59. The summed E-state index contributed by atoms with van der Waals surface area (Å²) in [6, 6.07) is 13.5. The summed E-state index contributed by atoms with van der Waals surface area (Å²) in [5.74, 6) is 0.639. The van der Waals surface area contributed by atoms with Crippen molar-refractivity contribution in [1.82, 2.24) is 5.32 Å². The monoisotopic (exact) mass is 269 g/mol. The first-order valence-corrected chi connectivity index (χ1v) is 6.59. The van der Waals surface area contributed by atoms with Crippen LogP contribution in [0.3, 0.4) is 0 Å². The molecule has 20 heavy (non-hydrogen) atoms. The van der Waals surface area contributed by atoms with Gasteiger partial charge in [0, 0.05) is 12.1 Å². The van der Waals surface area contributed by atoms with Gasteiger partial charge in [0.15, 0.2) is 0 Å². The van der Waals surface area contributed by atoms with Gasteiger partial charge in [-0.2, -0.15) is 0 Å². The molecule has 0 bridgehead atoms. The highest BCUT2D eigenvalue weighted by molar-refractivity contribution is 5.94. The van der Waals surface area contributed by atoms with Crippen LogP contribution in [0.4, 0.5) is 0 Å². The molecular formula is C17H19NO2. The average Bonchev–Trinajstić information content (AvgIpc) is 2.46. The second-order valence-corrected chi connectivity index (χ2v) is 4.79. The zero-order valence-electron chi connectivity index (χ0n) is 12.1. The smallest absolute Gasteiger partial charge is 0.251 e. The Morgan fingerprint density at radius 2 is 1.85 bits per heavy atom. The molecule has 0 saturated carbocycles. The molecule has 0 saturated heterocycles. The number of ether oxygens (including phenoxy) is 1. The molecule has 1 N–H and O–H groups in total. The molecule has 0 fully saturated rings. The van der Waals surface area contributed by atoms with E-state index in [1.807, 2.05) is 50.2 Å². The number of carbonyl (C=O) groups excluding carboxylic acids is 1. The van der Waals surface area contributed by atoms with Crippen LogP contribution >= 0.6 is 0 Å². The molecule has 0 unspecified atom stereocenters. The van der Waals surface area contributed by atoms with E-state index < -0.39 is 0 Å². The molecule has 0 heterocycles. The Morgan fingerprint density at radius 3 is 2.55 bits per heavy atom. The molecule has 0 radical (unpaired) electrons. The van der Waals surface area contributed by atoms with Gasteiger partial charge < -0.3 is 10.1 Å². The molecule has 0 aliphatic heterocycles. The topological polar surface area (TPSA) is 38.3 Å². The third-order valence-corrected chi connectivity index (χ3v) is 3.37. The van der Waals surface area contributed by atoms with E-state index in [4.69, 9.17) is 4.74 Å². The lowest BCUT2D eigenvalue weighted by atomic mass is 10.1. The van der Waals surface area contributed by atoms with E-state index in [1.54, 1.807) is 13.2 Å². The van der Waals surface area contributed by atoms with Gasteiger partial charge in [-0.25, -0.2) is 0 Å². The minimum absolute atomic E-state index is 0.0912. The van der Waals surface area contributed by atoms with Gasteiger partial charge in [-0.05, 0) is 42.7 Å². The highest BCUT2D eigenvalue weighted by Crippen LogP contribution is 2.19. The van der Waals surface area contributed by atoms with E-state index in [2.05, 4.69) is 5.32 Å². The van der Waals surface area contributed by atoms with Crippen LogP contribution in [0.15, 0.2) is 42.5 Å². The Hall–Kier alpha value is -2.29. The number of rotatable bonds is 4. The second kappa shape index (κ2) is 6.24. The first-order chi connectivity index (χ1) is 9.61. The number of amides is 1. The Labute approximate surface area is 119 Å². The summed E-state index contributed by atoms with van der Waals surface area (Å²) < 4.78 is 5.24. The lowest BCUT2D eigenvalue weighted by Crippen LogP contribution is -2.23. The average molecular weight is 269 g/mol. The quantitative estimate of drug-likeness (QED) is 0.925. The predicted molar refractivity (Wildman–Crippen MR) is 80.1 cm³/mol. The fourth-order valence-corrected chi connectivity index (χ4v) is 2.05. The second-order valence-electron chi connectivity index (χ2n) is 4.79. The summed E-state index contributed by atoms with van der Waals surface area (Å²) >= 11 is 0. The van der Waals surface area contributed by atoms with Gasteiger partial charge in [0.05, 0.1) is 7.11 Å². The molecule has 1 amide bonds. The zero-order chi connectivity index (χ0) is 14.5. The molecule has 2 rings (SSSR count). The number of hydrogen-bond donors (Lipinski definition) is 1. The van der Waals surface area contributed by atoms with Gasteiger partial charge in [0.25, 0.3) is 5.91 Å². The van der Waals surface area contributed by atoms with Crippen LogP contribution in [0.25, 0.3) is 0 Å². The Morgan fingerprint density at radius 1 is 1.10 bits per heavy atom. The van der Waals surface area contributed by atoms with Crippen LogP contribution in [0, 0.1) is 13.8 Å². The molecule has 0 aliphatic carbocycles. The summed E-state index contributed by atoms with van der Waals surface area (Å²) in [5, 5.41) is 2.93. The molecule has 3 heteroatoms. The van der Waals surface area contributed by atoms with Crippen molar-refractivity contribution < 1.29 is 9.53 Å². The van der Waals surface area contributed by atoms with Crippen molar-refractivity contribution in [2.75, 3.05) is 7.11 Å². The van der Waals surface area contributed by atoms with Gasteiger partial charge in [-0.15, -0.1) is 0 Å². The number of nitrogens with one attached hydrogen (secondary N) is 1. The Balaban J connectivity index is 2.07. The van der Waals surface area contributed by atoms with Gasteiger partial charge in [0.2, 0.25) is 0 Å². The van der Waals surface area contributed by atoms with Gasteiger partial charge in [-0.3, -0.25) is 4.79 Å². The minimum Gasteiger partial charge on any atom is -0.496 e. The fourth-order valence-electron chi connectivity index (χ4n) is 2.05. The maximum absolute atomic E-state index is 12.1. The third-order valence-electron chi connectivity index (χ3n) is 3.37. The van der Waals surface area contributed by atoms with E-state index in [9.17, 15) is 4.79 Å². The molecular weight excluding hydrogens is 250 g/mol. The normalized spacial score (nSPS) is 10.2. The van der Waals surface area contributed by atoms with Gasteiger partial charge in [-0.1, -0.05) is 30.3 Å². The summed E-state index contributed by atoms with van der Waals surface area (Å²) in [4.78, 5) is 12.1. The highest BCUT2D eigenvalue weighted by atomic mass is 16.5. The summed E-state index contributed by atoms with van der Waals surface area (Å²) in [6.07, 6.45) is 0. The maximum atomic E-state index is 12.1. The molecule has 0 aromatic heterocycles. The van der Waals surface area contributed by atoms with Crippen molar-refractivity contribution in [3.63, 3.8) is 0 Å². The van der Waals surface area contributed by atoms with Crippen molar-refractivity contribution >= 4 is 5.91 Å². The molecule has 2 aromatic rings. The number of methoxy groups -OCH3 is 1. The number of hydrogen-bond acceptors (Lipinski definition) is 2. The predicted octanol–water partition coefficient (Wildman–Crippen LogP) is 3.24. The van der Waals surface area contributed by atoms with Crippen LogP contribution in [0.5, 0.6) is 5.75 Å². The first kappa shape index (κ1) is 14.1. The summed E-state index contributed by atoms with van der Waals surface area (Å²) in [7, 11) is 1.61. The van der Waals surface area contributed by atoms with E-state index in [1.165, 1.54) is 5.56 Å². The lowest BCUT2D eigenvalue weighted by Gasteiger charge is -2.10. The van der Waals surface area contributed by atoms with Crippen molar-refractivity contribution in [2.24, 2.45) is 0 Å². The van der Waals surface area contributed by atoms with Crippen LogP contribution in [-0.4, -0.2) is 13.0 Å². The number of benzene rings is 2. The van der Waals surface area contributed by atoms with Crippen LogP contribution in [0.1, 0.15) is 27.0 Å². The molecule has 104 valence electrons. The summed E-state index contributed by atoms with van der Waals surface area (Å²) in [5.41, 5.74) is 3.93. The molecule has 3 nitrogen and oxygen atoms in total. The van der Waals surface area contributed by atoms with E-state index in [0.717, 1.165) is 16.9 Å². The molecule has 0 atom stereocenters. The molecule has 0 aliphatic rings. The van der Waals surface area contributed by atoms with Crippen LogP contribution < -0.4 is 10.1 Å². The minimum atomic E-state index is -0.0912. The number of carbonyl (C=O) groups is 1. The van der Waals surface area contributed by atoms with Crippen LogP contribution in [0.2, 0.25) is 0 Å². The van der Waals surface area contributed by atoms with E-state index in [-0.39, 0.29) is 5.91 Å². The van der Waals surface area contributed by atoms with Crippen molar-refractivity contribution in [3.8, 4) is 5.75 Å². The van der Waals surface area contributed by atoms with Gasteiger partial charge in [0.1, 0.15) is 5.75 Å². The summed E-state index contributed by atoms with van der Waals surface area (Å²) in [6.45, 7) is 4.52. The standard InChI is InChI=1S/C17H19NO2/c1-12-6-4-5-7-15(12)11-18-17(19)14-9-8-13(2)16(10-14)20-3/h4-10H,11H2,1-3H3,(H,18,19). The third kappa shape index (κ3) is 3.18. The highest BCUT2D eigenvalue weighted by Gasteiger charge is 2.08. The SMILES string of the molecule is COc1cc(C(=O)NCc2ccccc2C)ccc1C. The number of aryl methyl sites for hydroxylation is 2. The van der Waals surface area contributed by atoms with Crippen LogP contribution in [-0.2, 0) is 6.54 Å². The van der Waals surface area contributed by atoms with Crippen molar-refractivity contribution in [1.29, 1.82) is 0 Å². The largest absolute Gasteiger partial charge is 0.496 e. The molecule has 0 spiro atoms. The van der Waals surface area contributed by atoms with Crippen molar-refractivity contribution in [2.45, 2.75) is 20.4 Å². The van der Waals surface area contributed by atoms with Gasteiger partial charge >= 0.3 is 0 Å². The zero-order valence-corrected chi connectivity index (χ0v) is 12.1. The van der Waals surface area contributed by atoms with Crippen molar-refractivity contribution in [3.05, 3.63) is 64.7 Å². The Kier molecular flexibility index (Phi) is 4.41. The molecule has 2 aromatic carbocycles. The maximum Gasteiger partial charge on any atom is 0.251 e. The van der Waals surface area contributed by atoms with E-state index >= 15 is 0 Å². The fraction of sp³-hybridized carbons (Fsp3) is 0.235. The Bertz CT molecular complexity index is 620. The van der Waals surface area contributed by atoms with E-state index in [0.29, 0.717) is 12.1 Å². The lowest BCUT2D eigenvalue weighted by molar-refractivity contribution is 0.0950.